The molecule has 2 saturated heterocycles. The molecule has 0 aliphatic carbocycles. The number of likely N-dealkylation sites (N-methyl/N-ethyl adjacent to an activating group) is 2. The minimum Gasteiger partial charge on any atom is -0.354 e. The molecule has 8 amide bonds. The third-order valence-corrected chi connectivity index (χ3v) is 13.2. The summed E-state index contributed by atoms with van der Waals surface area (Å²) in [5.41, 5.74) is 1.44. The molecule has 6 atom stereocenters. The summed E-state index contributed by atoms with van der Waals surface area (Å²) in [4.78, 5) is 110. The van der Waals surface area contributed by atoms with Gasteiger partial charge < -0.3 is 51.5 Å². The highest BCUT2D eigenvalue weighted by atomic mass is 19.4. The second-order valence-electron chi connectivity index (χ2n) is 18.5. The normalized spacial score (nSPS) is 17.1. The highest BCUT2D eigenvalue weighted by Gasteiger charge is 2.46. The summed E-state index contributed by atoms with van der Waals surface area (Å²) in [6, 6.07) is 11.7. The minimum absolute atomic E-state index is 0. The van der Waals surface area contributed by atoms with Crippen molar-refractivity contribution in [1.82, 2.24) is 51.5 Å². The van der Waals surface area contributed by atoms with Crippen LogP contribution in [0, 0.1) is 0 Å². The molecule has 75 heavy (non-hydrogen) atoms. The van der Waals surface area contributed by atoms with Crippen LogP contribution in [0.1, 0.15) is 83.8 Å². The Morgan fingerprint density at radius 1 is 0.587 bits per heavy atom. The zero-order valence-electron chi connectivity index (χ0n) is 42.3. The molecule has 2 fully saturated rings. The maximum Gasteiger partial charge on any atom is 0.471 e. The van der Waals surface area contributed by atoms with Crippen LogP contribution < -0.4 is 31.9 Å². The molecular formula is C51H74F6N10O8. The van der Waals surface area contributed by atoms with Gasteiger partial charge in [0, 0.05) is 77.3 Å². The number of carbonyl (C=O) groups excluding carboxylic acids is 8. The van der Waals surface area contributed by atoms with Gasteiger partial charge in [-0.05, 0) is 90.4 Å². The second kappa shape index (κ2) is 30.3. The maximum absolute atomic E-state index is 14.1. The smallest absolute Gasteiger partial charge is 0.354 e. The molecule has 0 aromatic heterocycles. The zero-order valence-corrected chi connectivity index (χ0v) is 42.3. The molecule has 4 rings (SSSR count). The summed E-state index contributed by atoms with van der Waals surface area (Å²) >= 11 is 0. The van der Waals surface area contributed by atoms with Crippen molar-refractivity contribution in [2.75, 3.05) is 66.5 Å². The van der Waals surface area contributed by atoms with Crippen LogP contribution in [0.3, 0.4) is 0 Å². The van der Waals surface area contributed by atoms with E-state index in [9.17, 15) is 64.7 Å². The Kier molecular flexibility index (Phi) is 25.4. The summed E-state index contributed by atoms with van der Waals surface area (Å²) in [5.74, 6) is -7.58. The molecule has 2 aromatic rings. The fraction of sp³-hybridized carbons (Fsp3) is 0.608. The van der Waals surface area contributed by atoms with Crippen molar-refractivity contribution in [3.8, 4) is 0 Å². The topological polar surface area (TPSA) is 222 Å². The van der Waals surface area contributed by atoms with E-state index in [1.54, 1.807) is 74.5 Å². The molecule has 2 aliphatic heterocycles. The number of hydrogen-bond acceptors (Lipinski definition) is 10. The summed E-state index contributed by atoms with van der Waals surface area (Å²) < 4.78 is 82.6. The quantitative estimate of drug-likeness (QED) is 0.0568. The average molecular weight is 1070 g/mol. The van der Waals surface area contributed by atoms with Crippen LogP contribution in [0.15, 0.2) is 60.7 Å². The van der Waals surface area contributed by atoms with E-state index in [0.29, 0.717) is 35.5 Å². The van der Waals surface area contributed by atoms with Crippen molar-refractivity contribution in [3.63, 3.8) is 0 Å². The third kappa shape index (κ3) is 20.1. The van der Waals surface area contributed by atoms with Gasteiger partial charge in [-0.2, -0.15) is 26.3 Å². The minimum atomic E-state index is -5.15. The van der Waals surface area contributed by atoms with Gasteiger partial charge in [0.15, 0.2) is 0 Å². The van der Waals surface area contributed by atoms with Crippen LogP contribution in [-0.4, -0.2) is 182 Å². The van der Waals surface area contributed by atoms with E-state index >= 15 is 0 Å². The Hall–Kier alpha value is -6.30. The molecule has 6 N–H and O–H groups in total. The van der Waals surface area contributed by atoms with E-state index in [1.165, 1.54) is 23.9 Å². The van der Waals surface area contributed by atoms with Crippen molar-refractivity contribution in [2.45, 2.75) is 134 Å². The van der Waals surface area contributed by atoms with Gasteiger partial charge in [0.25, 0.3) is 0 Å². The van der Waals surface area contributed by atoms with E-state index in [2.05, 4.69) is 31.9 Å². The first-order chi connectivity index (χ1) is 35.0. The van der Waals surface area contributed by atoms with Gasteiger partial charge >= 0.3 is 24.2 Å². The van der Waals surface area contributed by atoms with Gasteiger partial charge in [-0.3, -0.25) is 38.4 Å². The SMILES string of the molecule is C.CN[C@@H](C)C(=O)N[C@@H](CCC(=O)NCCNC(=O)CC[C@H](NC(=O)[C@H](C)NC)C(=O)N1CCC[C@H]1CN(CCc1ccccc1)C(=O)C(F)(F)F)C(=O)N1CCC[C@H]1CN(CCc1ccccc1)C(=O)C(F)(F)F. The van der Waals surface area contributed by atoms with Gasteiger partial charge in [0.1, 0.15) is 12.1 Å². The van der Waals surface area contributed by atoms with Crippen LogP contribution in [0.2, 0.25) is 0 Å². The number of nitrogens with zero attached hydrogens (tertiary/aromatic N) is 4. The Balaban J connectivity index is 0.0000148. The van der Waals surface area contributed by atoms with E-state index in [0.717, 1.165) is 11.1 Å². The number of halogens is 6. The molecule has 0 saturated carbocycles. The molecule has 18 nitrogen and oxygen atoms in total. The van der Waals surface area contributed by atoms with Crippen molar-refractivity contribution in [2.24, 2.45) is 0 Å². The van der Waals surface area contributed by atoms with E-state index in [4.69, 9.17) is 0 Å². The summed E-state index contributed by atoms with van der Waals surface area (Å²) in [5, 5.41) is 16.1. The van der Waals surface area contributed by atoms with E-state index in [1.807, 2.05) is 0 Å². The van der Waals surface area contributed by atoms with Gasteiger partial charge in [-0.15, -0.1) is 0 Å². The molecule has 0 radical (unpaired) electrons. The monoisotopic (exact) mass is 1070 g/mol. The standard InChI is InChI=1S/C50H70F6N10O8.CH4/c1-33(57-3)43(69)61-39(45(71)65-27-11-17-37(65)31-63(47(73)49(51,52)53)29-23-35-13-7-5-8-14-35)19-21-41(67)59-25-26-60-42(68)22-20-40(62-44(70)34(2)58-4)46(72)66-28-12-18-38(66)32-64(48(74)50(54,55)56)30-24-36-15-9-6-10-16-36;/h5-10,13-16,33-34,37-40,57-58H,11-12,17-32H2,1-4H3,(H,59,67)(H,60,68)(H,61,69)(H,62,70);1H4/t33-,34-,37-,38-,39-,40-;/m0./s1. The number of nitrogens with one attached hydrogen (secondary N) is 6. The summed E-state index contributed by atoms with van der Waals surface area (Å²) in [6.45, 7) is 1.90. The van der Waals surface area contributed by atoms with E-state index in [-0.39, 0.29) is 85.2 Å². The van der Waals surface area contributed by atoms with Crippen LogP contribution >= 0.6 is 0 Å². The highest BCUT2D eigenvalue weighted by molar-refractivity contribution is 5.92. The number of amides is 8. The highest BCUT2D eigenvalue weighted by Crippen LogP contribution is 2.26. The molecule has 2 heterocycles. The van der Waals surface area contributed by atoms with Gasteiger partial charge in [-0.25, -0.2) is 0 Å². The largest absolute Gasteiger partial charge is 0.471 e. The molecule has 418 valence electrons. The lowest BCUT2D eigenvalue weighted by Gasteiger charge is -2.33. The number of rotatable bonds is 27. The second-order valence-corrected chi connectivity index (χ2v) is 18.5. The van der Waals surface area contributed by atoms with Crippen LogP contribution in [0.5, 0.6) is 0 Å². The van der Waals surface area contributed by atoms with Crippen molar-refractivity contribution < 1.29 is 64.7 Å². The van der Waals surface area contributed by atoms with Crippen LogP contribution in [0.25, 0.3) is 0 Å². The average Bonchev–Trinajstić information content (AvgIpc) is 4.06. The predicted octanol–water partition coefficient (Wildman–Crippen LogP) is 2.85. The maximum atomic E-state index is 14.1. The summed E-state index contributed by atoms with van der Waals surface area (Å²) in [6.07, 6.45) is -9.54. The zero-order chi connectivity index (χ0) is 54.6. The van der Waals surface area contributed by atoms with Crippen LogP contribution in [-0.2, 0) is 51.2 Å². The Morgan fingerprint density at radius 2 is 0.933 bits per heavy atom. The van der Waals surface area contributed by atoms with Crippen molar-refractivity contribution >= 4 is 47.3 Å². The van der Waals surface area contributed by atoms with E-state index < -0.39 is 109 Å². The lowest BCUT2D eigenvalue weighted by atomic mass is 10.1. The fourth-order valence-corrected chi connectivity index (χ4v) is 8.77. The first kappa shape index (κ1) is 63.0. The molecule has 2 aromatic carbocycles. The van der Waals surface area contributed by atoms with Crippen LogP contribution in [0.4, 0.5) is 26.3 Å². The Labute approximate surface area is 434 Å². The third-order valence-electron chi connectivity index (χ3n) is 13.2. The molecule has 2 aliphatic rings. The Morgan fingerprint density at radius 3 is 1.25 bits per heavy atom. The number of likely N-dealkylation sites (tertiary alicyclic amines) is 2. The number of hydrogen-bond donors (Lipinski definition) is 6. The van der Waals surface area contributed by atoms with Gasteiger partial charge in [-0.1, -0.05) is 68.1 Å². The van der Waals surface area contributed by atoms with Gasteiger partial charge in [0.05, 0.1) is 12.1 Å². The molecule has 0 bridgehead atoms. The lowest BCUT2D eigenvalue weighted by Crippen LogP contribution is -2.56. The fourth-order valence-electron chi connectivity index (χ4n) is 8.77. The first-order valence-electron chi connectivity index (χ1n) is 24.9. The molecule has 0 unspecified atom stereocenters. The molecule has 0 spiro atoms. The summed E-state index contributed by atoms with van der Waals surface area (Å²) in [7, 11) is 3.05. The molecular weight excluding hydrogens is 995 g/mol. The first-order valence-corrected chi connectivity index (χ1v) is 24.9. The van der Waals surface area contributed by atoms with Gasteiger partial charge in [0.2, 0.25) is 35.4 Å². The lowest BCUT2D eigenvalue weighted by molar-refractivity contribution is -0.186. The predicted molar refractivity (Wildman–Crippen MR) is 267 cm³/mol. The number of benzene rings is 2. The Bertz CT molecular complexity index is 2040. The van der Waals surface area contributed by atoms with Crippen molar-refractivity contribution in [3.05, 3.63) is 71.8 Å². The number of alkyl halides is 6. The molecule has 24 heteroatoms. The van der Waals surface area contributed by atoms with Crippen molar-refractivity contribution in [1.29, 1.82) is 0 Å². The number of carbonyl (C=O) groups is 8.